The van der Waals surface area contributed by atoms with Crippen LogP contribution in [0, 0.1) is 0 Å². The number of hydrogen-bond donors (Lipinski definition) is 0. The maximum atomic E-state index is 11.3. The van der Waals surface area contributed by atoms with Gasteiger partial charge in [-0.15, -0.1) is 0 Å². The highest BCUT2D eigenvalue weighted by Gasteiger charge is 2.20. The van der Waals surface area contributed by atoms with Crippen molar-refractivity contribution in [3.05, 3.63) is 32.2 Å². The molecule has 0 unspecified atom stereocenters. The van der Waals surface area contributed by atoms with Gasteiger partial charge in [-0.25, -0.2) is 0 Å². The fourth-order valence-corrected chi connectivity index (χ4v) is 2.17. The Labute approximate surface area is 87.4 Å². The Bertz CT molecular complexity index is 358. The fourth-order valence-electron chi connectivity index (χ4n) is 1.44. The van der Waals surface area contributed by atoms with Gasteiger partial charge in [-0.3, -0.25) is 4.79 Å². The molecule has 0 bridgehead atoms. The zero-order valence-corrected chi connectivity index (χ0v) is 9.41. The zero-order chi connectivity index (χ0) is 8.72. The minimum absolute atomic E-state index is 0.262. The summed E-state index contributed by atoms with van der Waals surface area (Å²) in [5.41, 5.74) is 2.04. The predicted octanol–water partition coefficient (Wildman–Crippen LogP) is 3.34. The summed E-state index contributed by atoms with van der Waals surface area (Å²) in [6, 6.07) is 3.92. The lowest BCUT2D eigenvalue weighted by molar-refractivity contribution is 0.0994. The molecular weight excluding hydrogens is 284 g/mol. The van der Waals surface area contributed by atoms with Crippen molar-refractivity contribution >= 4 is 37.6 Å². The molecule has 0 amide bonds. The zero-order valence-electron chi connectivity index (χ0n) is 6.23. The van der Waals surface area contributed by atoms with E-state index in [-0.39, 0.29) is 5.78 Å². The highest BCUT2D eigenvalue weighted by atomic mass is 79.9. The van der Waals surface area contributed by atoms with Crippen LogP contribution in [0.3, 0.4) is 0 Å². The molecule has 0 N–H and O–H groups in total. The molecule has 1 aromatic carbocycles. The van der Waals surface area contributed by atoms with Gasteiger partial charge < -0.3 is 0 Å². The average molecular weight is 290 g/mol. The maximum absolute atomic E-state index is 11.3. The van der Waals surface area contributed by atoms with Crippen molar-refractivity contribution < 1.29 is 4.79 Å². The number of Topliss-reactive ketones (excluding diaryl/α,β-unsaturated/α-hetero) is 1. The second-order valence-corrected chi connectivity index (χ2v) is 4.56. The minimum Gasteiger partial charge on any atom is -0.294 e. The normalized spacial score (nSPS) is 15.0. The van der Waals surface area contributed by atoms with E-state index in [2.05, 4.69) is 31.9 Å². The van der Waals surface area contributed by atoms with E-state index in [0.29, 0.717) is 6.42 Å². The molecule has 3 heteroatoms. The van der Waals surface area contributed by atoms with Gasteiger partial charge in [0.05, 0.1) is 0 Å². The number of ketones is 1. The molecule has 1 nitrogen and oxygen atoms in total. The minimum atomic E-state index is 0.262. The highest BCUT2D eigenvalue weighted by molar-refractivity contribution is 9.13. The van der Waals surface area contributed by atoms with Crippen molar-refractivity contribution in [2.24, 2.45) is 0 Å². The molecule has 1 aliphatic rings. The van der Waals surface area contributed by atoms with Crippen molar-refractivity contribution in [1.29, 1.82) is 0 Å². The summed E-state index contributed by atoms with van der Waals surface area (Å²) in [6.07, 6.45) is 1.55. The van der Waals surface area contributed by atoms with E-state index in [9.17, 15) is 4.79 Å². The Hall–Kier alpha value is -0.150. The second kappa shape index (κ2) is 2.96. The molecule has 0 fully saturated rings. The number of halogens is 2. The van der Waals surface area contributed by atoms with E-state index in [1.54, 1.807) is 0 Å². The molecule has 12 heavy (non-hydrogen) atoms. The van der Waals surface area contributed by atoms with Gasteiger partial charge in [0.2, 0.25) is 0 Å². The molecular formula is C9H6Br2O. The Morgan fingerprint density at radius 1 is 1.08 bits per heavy atom. The third kappa shape index (κ3) is 1.25. The number of rotatable bonds is 0. The van der Waals surface area contributed by atoms with Crippen LogP contribution >= 0.6 is 31.9 Å². The number of carbonyl (C=O) groups excluding carboxylic acids is 1. The van der Waals surface area contributed by atoms with Crippen molar-refractivity contribution in [2.45, 2.75) is 12.8 Å². The van der Waals surface area contributed by atoms with E-state index in [4.69, 9.17) is 0 Å². The molecule has 0 aliphatic heterocycles. The van der Waals surface area contributed by atoms with Gasteiger partial charge in [-0.2, -0.15) is 0 Å². The molecule has 62 valence electrons. The smallest absolute Gasteiger partial charge is 0.163 e. The third-order valence-corrected chi connectivity index (χ3v) is 3.91. The molecule has 2 rings (SSSR count). The van der Waals surface area contributed by atoms with Crippen molar-refractivity contribution in [2.75, 3.05) is 0 Å². The molecule has 1 aliphatic carbocycles. The topological polar surface area (TPSA) is 17.1 Å². The van der Waals surface area contributed by atoms with E-state index in [0.717, 1.165) is 26.5 Å². The SMILES string of the molecule is O=C1CCc2cc(Br)c(Br)cc21. The van der Waals surface area contributed by atoms with Crippen LogP contribution in [-0.4, -0.2) is 5.78 Å². The summed E-state index contributed by atoms with van der Waals surface area (Å²) < 4.78 is 1.98. The van der Waals surface area contributed by atoms with E-state index in [1.165, 1.54) is 0 Å². The number of hydrogen-bond acceptors (Lipinski definition) is 1. The van der Waals surface area contributed by atoms with Crippen molar-refractivity contribution in [3.63, 3.8) is 0 Å². The summed E-state index contributed by atoms with van der Waals surface area (Å²) in [6.45, 7) is 0. The first-order valence-electron chi connectivity index (χ1n) is 3.69. The maximum Gasteiger partial charge on any atom is 0.163 e. The van der Waals surface area contributed by atoms with Crippen LogP contribution in [0.1, 0.15) is 22.3 Å². The van der Waals surface area contributed by atoms with Gasteiger partial charge in [0.15, 0.2) is 5.78 Å². The van der Waals surface area contributed by atoms with Crippen LogP contribution in [0.25, 0.3) is 0 Å². The van der Waals surface area contributed by atoms with Gasteiger partial charge in [0.1, 0.15) is 0 Å². The standard InChI is InChI=1S/C9H6Br2O/c10-7-3-5-1-2-9(12)6(5)4-8(7)11/h3-4H,1-2H2. The Morgan fingerprint density at radius 3 is 2.50 bits per heavy atom. The van der Waals surface area contributed by atoms with Crippen LogP contribution in [0.5, 0.6) is 0 Å². The monoisotopic (exact) mass is 288 g/mol. The summed E-state index contributed by atoms with van der Waals surface area (Å²) in [7, 11) is 0. The number of aryl methyl sites for hydroxylation is 1. The van der Waals surface area contributed by atoms with Gasteiger partial charge in [0.25, 0.3) is 0 Å². The highest BCUT2D eigenvalue weighted by Crippen LogP contribution is 2.31. The molecule has 0 saturated heterocycles. The lowest BCUT2D eigenvalue weighted by Crippen LogP contribution is -1.90. The average Bonchev–Trinajstić information content (AvgIpc) is 2.35. The molecule has 0 saturated carbocycles. The molecule has 1 aromatic rings. The summed E-state index contributed by atoms with van der Waals surface area (Å²) >= 11 is 6.79. The van der Waals surface area contributed by atoms with Gasteiger partial charge in [-0.1, -0.05) is 0 Å². The third-order valence-electron chi connectivity index (χ3n) is 2.07. The molecule has 0 heterocycles. The Morgan fingerprint density at radius 2 is 1.75 bits per heavy atom. The van der Waals surface area contributed by atoms with Crippen LogP contribution in [-0.2, 0) is 6.42 Å². The first kappa shape index (κ1) is 8.45. The largest absolute Gasteiger partial charge is 0.294 e. The second-order valence-electron chi connectivity index (χ2n) is 2.85. The van der Waals surface area contributed by atoms with Gasteiger partial charge in [0, 0.05) is 20.9 Å². The quantitative estimate of drug-likeness (QED) is 0.716. The molecule has 0 spiro atoms. The predicted molar refractivity (Wildman–Crippen MR) is 54.5 cm³/mol. The first-order valence-corrected chi connectivity index (χ1v) is 5.28. The Kier molecular flexibility index (Phi) is 2.09. The van der Waals surface area contributed by atoms with Crippen LogP contribution in [0.2, 0.25) is 0 Å². The summed E-state index contributed by atoms with van der Waals surface area (Å²) in [4.78, 5) is 11.3. The Balaban J connectivity index is 2.63. The van der Waals surface area contributed by atoms with Crippen LogP contribution < -0.4 is 0 Å². The van der Waals surface area contributed by atoms with E-state index >= 15 is 0 Å². The molecule has 0 atom stereocenters. The van der Waals surface area contributed by atoms with Gasteiger partial charge in [-0.05, 0) is 56.0 Å². The van der Waals surface area contributed by atoms with Crippen LogP contribution in [0.4, 0.5) is 0 Å². The van der Waals surface area contributed by atoms with E-state index in [1.807, 2.05) is 12.1 Å². The lowest BCUT2D eigenvalue weighted by atomic mass is 10.1. The van der Waals surface area contributed by atoms with Crippen LogP contribution in [0.15, 0.2) is 21.1 Å². The number of fused-ring (bicyclic) bond motifs is 1. The first-order chi connectivity index (χ1) is 5.68. The van der Waals surface area contributed by atoms with Crippen molar-refractivity contribution in [3.8, 4) is 0 Å². The molecule has 0 radical (unpaired) electrons. The van der Waals surface area contributed by atoms with Crippen molar-refractivity contribution in [1.82, 2.24) is 0 Å². The summed E-state index contributed by atoms with van der Waals surface area (Å²) in [5.74, 6) is 0.262. The number of carbonyl (C=O) groups is 1. The lowest BCUT2D eigenvalue weighted by Gasteiger charge is -2.00. The van der Waals surface area contributed by atoms with E-state index < -0.39 is 0 Å². The molecule has 0 aromatic heterocycles. The number of benzene rings is 1. The fraction of sp³-hybridized carbons (Fsp3) is 0.222. The van der Waals surface area contributed by atoms with Gasteiger partial charge >= 0.3 is 0 Å². The summed E-state index contributed by atoms with van der Waals surface area (Å²) in [5, 5.41) is 0.